The number of nitrogens with one attached hydrogen (secondary N) is 1. The van der Waals surface area contributed by atoms with Gasteiger partial charge in [-0.3, -0.25) is 9.59 Å². The van der Waals surface area contributed by atoms with Crippen molar-refractivity contribution in [2.45, 2.75) is 6.92 Å². The highest BCUT2D eigenvalue weighted by Gasteiger charge is 2.12. The highest BCUT2D eigenvalue weighted by molar-refractivity contribution is 7.07. The highest BCUT2D eigenvalue weighted by atomic mass is 32.1. The summed E-state index contributed by atoms with van der Waals surface area (Å²) in [6.07, 6.45) is 3.23. The molecule has 0 unspecified atom stereocenters. The van der Waals surface area contributed by atoms with Gasteiger partial charge in [-0.05, 0) is 36.3 Å². The molecule has 6 heteroatoms. The van der Waals surface area contributed by atoms with Gasteiger partial charge in [0.05, 0.1) is 9.20 Å². The number of carbonyl (C=O) groups excluding carboxylic acids is 1. The molecule has 0 atom stereocenters. The predicted octanol–water partition coefficient (Wildman–Crippen LogP) is 1.97. The Kier molecular flexibility index (Phi) is 4.18. The van der Waals surface area contributed by atoms with Crippen LogP contribution in [0.4, 0.5) is 0 Å². The average molecular weight is 365 g/mol. The van der Waals surface area contributed by atoms with Crippen molar-refractivity contribution in [2.24, 2.45) is 0 Å². The zero-order valence-corrected chi connectivity index (χ0v) is 14.8. The number of Topliss-reactive ketones (excluding diaryl/α,β-unsaturated/α-hetero) is 1. The van der Waals surface area contributed by atoms with E-state index in [0.717, 1.165) is 11.1 Å². The van der Waals surface area contributed by atoms with E-state index in [-0.39, 0.29) is 18.1 Å². The largest absolute Gasteiger partial charge is 0.454 e. The molecule has 0 aliphatic carbocycles. The van der Waals surface area contributed by atoms with Crippen LogP contribution in [0.15, 0.2) is 47.3 Å². The number of carbonyl (C=O) groups is 1. The van der Waals surface area contributed by atoms with E-state index >= 15 is 0 Å². The Morgan fingerprint density at radius 2 is 1.96 bits per heavy atom. The standard InChI is InChI=1S/C20H15NO4S/c1-12-4-2-3-5-14(12)15(22)10-19-21-20(23)18(26-19)9-13-6-7-16-17(8-13)25-11-24-16/h2-10H,11H2,1H3,(H,21,23). The van der Waals surface area contributed by atoms with Gasteiger partial charge in [-0.1, -0.05) is 30.3 Å². The summed E-state index contributed by atoms with van der Waals surface area (Å²) in [7, 11) is 0. The Hall–Kier alpha value is -3.12. The summed E-state index contributed by atoms with van der Waals surface area (Å²) in [6.45, 7) is 2.09. The molecule has 5 nitrogen and oxygen atoms in total. The third-order valence-electron chi connectivity index (χ3n) is 4.05. The van der Waals surface area contributed by atoms with E-state index in [4.69, 9.17) is 9.47 Å². The van der Waals surface area contributed by atoms with E-state index in [1.54, 1.807) is 12.1 Å². The summed E-state index contributed by atoms with van der Waals surface area (Å²) in [5.41, 5.74) is 2.14. The van der Waals surface area contributed by atoms with Gasteiger partial charge >= 0.3 is 0 Å². The van der Waals surface area contributed by atoms with Gasteiger partial charge in [0, 0.05) is 11.6 Å². The number of aryl methyl sites for hydroxylation is 1. The Morgan fingerprint density at radius 1 is 1.15 bits per heavy atom. The van der Waals surface area contributed by atoms with E-state index in [9.17, 15) is 9.59 Å². The number of aromatic amines is 1. The van der Waals surface area contributed by atoms with Crippen LogP contribution in [0.2, 0.25) is 0 Å². The number of fused-ring (bicyclic) bond motifs is 1. The third kappa shape index (κ3) is 3.19. The molecule has 0 spiro atoms. The smallest absolute Gasteiger partial charge is 0.266 e. The lowest BCUT2D eigenvalue weighted by Crippen LogP contribution is -2.20. The van der Waals surface area contributed by atoms with Crippen LogP contribution in [-0.4, -0.2) is 17.6 Å². The van der Waals surface area contributed by atoms with E-state index in [2.05, 4.69) is 4.98 Å². The summed E-state index contributed by atoms with van der Waals surface area (Å²) in [5, 5.41) is 0. The number of thiazole rings is 1. The lowest BCUT2D eigenvalue weighted by atomic mass is 10.1. The molecular weight excluding hydrogens is 350 g/mol. The number of aromatic nitrogens is 1. The average Bonchev–Trinajstić information content (AvgIpc) is 3.21. The maximum Gasteiger partial charge on any atom is 0.266 e. The summed E-state index contributed by atoms with van der Waals surface area (Å²) in [4.78, 5) is 27.4. The van der Waals surface area contributed by atoms with Crippen molar-refractivity contribution < 1.29 is 14.3 Å². The SMILES string of the molecule is Cc1ccccc1C(=O)C=c1[nH]c(=O)c(=Cc2ccc3c(c2)OCO3)s1. The zero-order valence-electron chi connectivity index (χ0n) is 13.9. The van der Waals surface area contributed by atoms with Gasteiger partial charge in [0.15, 0.2) is 17.3 Å². The lowest BCUT2D eigenvalue weighted by molar-refractivity contribution is 0.106. The molecule has 1 aliphatic rings. The third-order valence-corrected chi connectivity index (χ3v) is 5.01. The van der Waals surface area contributed by atoms with Gasteiger partial charge in [0.1, 0.15) is 0 Å². The number of benzene rings is 2. The minimum atomic E-state index is -0.225. The molecule has 3 aromatic rings. The molecule has 130 valence electrons. The second-order valence-corrected chi connectivity index (χ2v) is 6.95. The minimum absolute atomic E-state index is 0.129. The fourth-order valence-corrected chi connectivity index (χ4v) is 3.61. The second-order valence-electron chi connectivity index (χ2n) is 5.87. The van der Waals surface area contributed by atoms with Crippen LogP contribution >= 0.6 is 11.3 Å². The Morgan fingerprint density at radius 3 is 2.81 bits per heavy atom. The first kappa shape index (κ1) is 16.4. The minimum Gasteiger partial charge on any atom is -0.454 e. The molecule has 0 bridgehead atoms. The molecule has 1 aliphatic heterocycles. The molecule has 0 fully saturated rings. The van der Waals surface area contributed by atoms with Gasteiger partial charge in [-0.25, -0.2) is 0 Å². The molecule has 1 N–H and O–H groups in total. The number of ketones is 1. The monoisotopic (exact) mass is 365 g/mol. The van der Waals surface area contributed by atoms with Crippen molar-refractivity contribution in [3.8, 4) is 11.5 Å². The molecular formula is C20H15NO4S. The van der Waals surface area contributed by atoms with Crippen LogP contribution in [0.3, 0.4) is 0 Å². The molecule has 0 saturated carbocycles. The van der Waals surface area contributed by atoms with Crippen LogP contribution in [0, 0.1) is 6.92 Å². The van der Waals surface area contributed by atoms with Crippen LogP contribution in [0.25, 0.3) is 12.2 Å². The molecule has 0 radical (unpaired) electrons. The fourth-order valence-electron chi connectivity index (χ4n) is 2.72. The predicted molar refractivity (Wildman–Crippen MR) is 100 cm³/mol. The molecule has 0 saturated heterocycles. The molecule has 4 rings (SSSR count). The maximum atomic E-state index is 12.4. The molecule has 1 aromatic heterocycles. The summed E-state index contributed by atoms with van der Waals surface area (Å²) in [5.74, 6) is 1.23. The second kappa shape index (κ2) is 6.65. The van der Waals surface area contributed by atoms with Crippen molar-refractivity contribution in [1.82, 2.24) is 4.98 Å². The van der Waals surface area contributed by atoms with E-state index in [1.807, 2.05) is 43.3 Å². The zero-order chi connectivity index (χ0) is 18.1. The van der Waals surface area contributed by atoms with Gasteiger partial charge in [-0.2, -0.15) is 0 Å². The van der Waals surface area contributed by atoms with Crippen LogP contribution < -0.4 is 24.2 Å². The van der Waals surface area contributed by atoms with Gasteiger partial charge in [0.25, 0.3) is 5.56 Å². The molecule has 2 aromatic carbocycles. The lowest BCUT2D eigenvalue weighted by Gasteiger charge is -1.99. The van der Waals surface area contributed by atoms with Crippen molar-refractivity contribution in [1.29, 1.82) is 0 Å². The number of hydrogen-bond donors (Lipinski definition) is 1. The topological polar surface area (TPSA) is 68.4 Å². The maximum absolute atomic E-state index is 12.4. The number of hydrogen-bond acceptors (Lipinski definition) is 5. The van der Waals surface area contributed by atoms with Crippen molar-refractivity contribution in [2.75, 3.05) is 6.79 Å². The van der Waals surface area contributed by atoms with Crippen LogP contribution in [0.1, 0.15) is 21.5 Å². The van der Waals surface area contributed by atoms with E-state index in [1.165, 1.54) is 17.4 Å². The Labute approximate surface area is 152 Å². The molecule has 26 heavy (non-hydrogen) atoms. The number of ether oxygens (including phenoxy) is 2. The number of H-pyrrole nitrogens is 1. The molecule has 2 heterocycles. The number of rotatable bonds is 3. The summed E-state index contributed by atoms with van der Waals surface area (Å²) >= 11 is 1.24. The van der Waals surface area contributed by atoms with Gasteiger partial charge in [-0.15, -0.1) is 11.3 Å². The summed E-state index contributed by atoms with van der Waals surface area (Å²) < 4.78 is 11.7. The first-order chi connectivity index (χ1) is 12.6. The Balaban J connectivity index is 1.71. The first-order valence-electron chi connectivity index (χ1n) is 8.02. The summed E-state index contributed by atoms with van der Waals surface area (Å²) in [6, 6.07) is 12.9. The van der Waals surface area contributed by atoms with E-state index in [0.29, 0.717) is 26.3 Å². The van der Waals surface area contributed by atoms with Crippen LogP contribution in [0.5, 0.6) is 11.5 Å². The first-order valence-corrected chi connectivity index (χ1v) is 8.84. The Bertz CT molecular complexity index is 1170. The normalized spacial score (nSPS) is 14.0. The van der Waals surface area contributed by atoms with Crippen LogP contribution in [-0.2, 0) is 0 Å². The van der Waals surface area contributed by atoms with E-state index < -0.39 is 0 Å². The molecule has 0 amide bonds. The van der Waals surface area contributed by atoms with Gasteiger partial charge < -0.3 is 14.5 Å². The fraction of sp³-hybridized carbons (Fsp3) is 0.100. The van der Waals surface area contributed by atoms with Crippen molar-refractivity contribution in [3.05, 3.63) is 78.7 Å². The highest BCUT2D eigenvalue weighted by Crippen LogP contribution is 2.32. The van der Waals surface area contributed by atoms with Gasteiger partial charge in [0.2, 0.25) is 6.79 Å². The van der Waals surface area contributed by atoms with Crippen molar-refractivity contribution in [3.63, 3.8) is 0 Å². The quantitative estimate of drug-likeness (QED) is 0.721. The van der Waals surface area contributed by atoms with Crippen molar-refractivity contribution >= 4 is 29.3 Å².